The van der Waals surface area contributed by atoms with Crippen LogP contribution in [0, 0.1) is 0 Å². The Hall–Kier alpha value is -1.85. The second-order valence-electron chi connectivity index (χ2n) is 4.58. The first-order chi connectivity index (χ1) is 9.67. The third kappa shape index (κ3) is 2.42. The Bertz CT molecular complexity index is 667. The van der Waals surface area contributed by atoms with Crippen molar-refractivity contribution in [1.82, 2.24) is 5.12 Å². The molecule has 1 aliphatic rings. The van der Waals surface area contributed by atoms with Gasteiger partial charge in [-0.15, -0.1) is 0 Å². The van der Waals surface area contributed by atoms with Crippen LogP contribution in [0.5, 0.6) is 5.75 Å². The van der Waals surface area contributed by atoms with Crippen LogP contribution in [0.2, 0.25) is 0 Å². The monoisotopic (exact) mass is 331 g/mol. The Kier molecular flexibility index (Phi) is 3.46. The smallest absolute Gasteiger partial charge is 0.118 e. The molecule has 0 bridgehead atoms. The van der Waals surface area contributed by atoms with E-state index in [1.165, 1.54) is 5.12 Å². The molecule has 0 unspecified atom stereocenters. The van der Waals surface area contributed by atoms with Gasteiger partial charge < -0.3 is 4.74 Å². The third-order valence-corrected chi connectivity index (χ3v) is 3.74. The molecule has 0 atom stereocenters. The number of benzene rings is 2. The molecular formula is C15H14BrN3O. The van der Waals surface area contributed by atoms with Crippen LogP contribution in [0.4, 0.5) is 0 Å². The molecule has 0 amide bonds. The van der Waals surface area contributed by atoms with Gasteiger partial charge in [0.05, 0.1) is 19.4 Å². The van der Waals surface area contributed by atoms with Crippen molar-refractivity contribution in [2.24, 2.45) is 10.9 Å². The van der Waals surface area contributed by atoms with Gasteiger partial charge in [0.25, 0.3) is 0 Å². The molecule has 0 radical (unpaired) electrons. The molecule has 2 aromatic carbocycles. The van der Waals surface area contributed by atoms with Gasteiger partial charge in [-0.25, -0.2) is 11.0 Å². The number of rotatable bonds is 2. The van der Waals surface area contributed by atoms with Gasteiger partial charge in [0, 0.05) is 15.6 Å². The maximum Gasteiger partial charge on any atom is 0.118 e. The number of fused-ring (bicyclic) bond motifs is 1. The first-order valence-electron chi connectivity index (χ1n) is 6.21. The zero-order valence-corrected chi connectivity index (χ0v) is 12.6. The predicted molar refractivity (Wildman–Crippen MR) is 82.5 cm³/mol. The molecule has 2 aromatic rings. The molecule has 5 heteroatoms. The van der Waals surface area contributed by atoms with Gasteiger partial charge >= 0.3 is 0 Å². The fourth-order valence-corrected chi connectivity index (χ4v) is 2.62. The number of nitrogens with two attached hydrogens (primary N) is 1. The number of hydrazone groups is 1. The minimum atomic E-state index is 0.613. The summed E-state index contributed by atoms with van der Waals surface area (Å²) < 4.78 is 6.21. The highest BCUT2D eigenvalue weighted by molar-refractivity contribution is 9.10. The average molecular weight is 332 g/mol. The van der Waals surface area contributed by atoms with Gasteiger partial charge in [-0.2, -0.15) is 5.10 Å². The Labute approximate surface area is 125 Å². The average Bonchev–Trinajstić information content (AvgIpc) is 2.47. The quantitative estimate of drug-likeness (QED) is 0.861. The Balaban J connectivity index is 2.09. The molecule has 4 nitrogen and oxygen atoms in total. The van der Waals surface area contributed by atoms with Crippen LogP contribution in [0.1, 0.15) is 16.7 Å². The summed E-state index contributed by atoms with van der Waals surface area (Å²) in [7, 11) is 1.65. The first kappa shape index (κ1) is 13.1. The van der Waals surface area contributed by atoms with E-state index in [9.17, 15) is 0 Å². The Morgan fingerprint density at radius 2 is 1.95 bits per heavy atom. The second-order valence-corrected chi connectivity index (χ2v) is 5.49. The van der Waals surface area contributed by atoms with E-state index in [1.54, 1.807) is 7.11 Å². The number of halogens is 1. The molecule has 0 saturated heterocycles. The molecule has 1 aliphatic heterocycles. The van der Waals surface area contributed by atoms with E-state index in [2.05, 4.69) is 33.2 Å². The summed E-state index contributed by atoms with van der Waals surface area (Å²) in [5, 5.41) is 5.92. The van der Waals surface area contributed by atoms with E-state index in [4.69, 9.17) is 10.6 Å². The van der Waals surface area contributed by atoms with Crippen molar-refractivity contribution in [3.63, 3.8) is 0 Å². The third-order valence-electron chi connectivity index (χ3n) is 3.25. The molecular weight excluding hydrogens is 318 g/mol. The fraction of sp³-hybridized carbons (Fsp3) is 0.133. The van der Waals surface area contributed by atoms with Crippen LogP contribution >= 0.6 is 15.9 Å². The lowest BCUT2D eigenvalue weighted by Gasteiger charge is -2.24. The lowest BCUT2D eigenvalue weighted by Crippen LogP contribution is -2.31. The summed E-state index contributed by atoms with van der Waals surface area (Å²) in [5.74, 6) is 6.70. The highest BCUT2D eigenvalue weighted by Crippen LogP contribution is 2.25. The van der Waals surface area contributed by atoms with E-state index in [-0.39, 0.29) is 0 Å². The molecule has 0 fully saturated rings. The van der Waals surface area contributed by atoms with Gasteiger partial charge in [0.2, 0.25) is 0 Å². The molecule has 20 heavy (non-hydrogen) atoms. The summed E-state index contributed by atoms with van der Waals surface area (Å²) in [6.45, 7) is 0.613. The van der Waals surface area contributed by atoms with Crippen LogP contribution in [0.15, 0.2) is 52.0 Å². The molecule has 0 aliphatic carbocycles. The molecule has 3 rings (SSSR count). The lowest BCUT2D eigenvalue weighted by atomic mass is 9.96. The lowest BCUT2D eigenvalue weighted by molar-refractivity contribution is 0.285. The van der Waals surface area contributed by atoms with E-state index < -0.39 is 0 Å². The summed E-state index contributed by atoms with van der Waals surface area (Å²) in [6, 6.07) is 14.0. The molecule has 0 aromatic heterocycles. The standard InChI is InChI=1S/C15H14BrN3O/c1-20-13-6-3-10(4-7-13)15-14-8-12(16)5-2-11(14)9-19(17)18-15/h2-8H,9,17H2,1H3. The van der Waals surface area contributed by atoms with Crippen molar-refractivity contribution in [1.29, 1.82) is 0 Å². The zero-order chi connectivity index (χ0) is 14.1. The van der Waals surface area contributed by atoms with E-state index >= 15 is 0 Å². The number of methoxy groups -OCH3 is 1. The molecule has 1 heterocycles. The SMILES string of the molecule is COc1ccc(C2=NN(N)Cc3ccc(Br)cc32)cc1. The summed E-state index contributed by atoms with van der Waals surface area (Å²) in [4.78, 5) is 0. The number of hydrazine groups is 1. The van der Waals surface area contributed by atoms with Crippen molar-refractivity contribution >= 4 is 21.6 Å². The van der Waals surface area contributed by atoms with Gasteiger partial charge in [0.15, 0.2) is 0 Å². The molecule has 0 saturated carbocycles. The van der Waals surface area contributed by atoms with Gasteiger partial charge in [-0.3, -0.25) is 0 Å². The zero-order valence-electron chi connectivity index (χ0n) is 11.0. The van der Waals surface area contributed by atoms with Crippen LogP contribution in [-0.2, 0) is 6.54 Å². The van der Waals surface area contributed by atoms with Crippen LogP contribution < -0.4 is 10.6 Å². The van der Waals surface area contributed by atoms with Crippen LogP contribution in [0.3, 0.4) is 0 Å². The van der Waals surface area contributed by atoms with Crippen LogP contribution in [0.25, 0.3) is 0 Å². The number of ether oxygens (including phenoxy) is 1. The van der Waals surface area contributed by atoms with E-state index in [0.29, 0.717) is 6.54 Å². The van der Waals surface area contributed by atoms with Gasteiger partial charge in [-0.1, -0.05) is 22.0 Å². The molecule has 0 spiro atoms. The maximum atomic E-state index is 5.88. The van der Waals surface area contributed by atoms with E-state index in [1.807, 2.05) is 30.3 Å². The van der Waals surface area contributed by atoms with Crippen LogP contribution in [-0.4, -0.2) is 17.9 Å². The highest BCUT2D eigenvalue weighted by atomic mass is 79.9. The number of hydrogen-bond donors (Lipinski definition) is 1. The second kappa shape index (κ2) is 5.26. The topological polar surface area (TPSA) is 50.8 Å². The summed E-state index contributed by atoms with van der Waals surface area (Å²) >= 11 is 3.51. The summed E-state index contributed by atoms with van der Waals surface area (Å²) in [5.41, 5.74) is 4.15. The van der Waals surface area contributed by atoms with Crippen molar-refractivity contribution in [2.45, 2.75) is 6.54 Å². The van der Waals surface area contributed by atoms with Gasteiger partial charge in [-0.05, 0) is 42.0 Å². The Morgan fingerprint density at radius 3 is 2.65 bits per heavy atom. The maximum absolute atomic E-state index is 5.88. The predicted octanol–water partition coefficient (Wildman–Crippen LogP) is 2.90. The highest BCUT2D eigenvalue weighted by Gasteiger charge is 2.19. The van der Waals surface area contributed by atoms with Crippen molar-refractivity contribution < 1.29 is 4.74 Å². The van der Waals surface area contributed by atoms with Gasteiger partial charge in [0.1, 0.15) is 5.75 Å². The first-order valence-corrected chi connectivity index (χ1v) is 7.01. The Morgan fingerprint density at radius 1 is 1.20 bits per heavy atom. The fourth-order valence-electron chi connectivity index (χ4n) is 2.26. The summed E-state index contributed by atoms with van der Waals surface area (Å²) in [6.07, 6.45) is 0. The van der Waals surface area contributed by atoms with Crippen molar-refractivity contribution in [3.05, 3.63) is 63.6 Å². The minimum Gasteiger partial charge on any atom is -0.497 e. The molecule has 102 valence electrons. The van der Waals surface area contributed by atoms with E-state index in [0.717, 1.165) is 32.6 Å². The number of hydrogen-bond acceptors (Lipinski definition) is 4. The number of nitrogens with zero attached hydrogens (tertiary/aromatic N) is 2. The minimum absolute atomic E-state index is 0.613. The molecule has 2 N–H and O–H groups in total. The van der Waals surface area contributed by atoms with Crippen molar-refractivity contribution in [2.75, 3.05) is 7.11 Å². The normalized spacial score (nSPS) is 13.8. The van der Waals surface area contributed by atoms with Crippen molar-refractivity contribution in [3.8, 4) is 5.75 Å². The largest absolute Gasteiger partial charge is 0.497 e.